The van der Waals surface area contributed by atoms with Crippen LogP contribution in [-0.4, -0.2) is 18.8 Å². The lowest BCUT2D eigenvalue weighted by atomic mass is 9.89. The zero-order valence-electron chi connectivity index (χ0n) is 11.3. The number of ether oxygens (including phenoxy) is 1. The lowest BCUT2D eigenvalue weighted by Gasteiger charge is -2.22. The molecule has 2 unspecified atom stereocenters. The Bertz CT molecular complexity index is 557. The van der Waals surface area contributed by atoms with Crippen LogP contribution in [0.15, 0.2) is 48.5 Å². The lowest BCUT2D eigenvalue weighted by Crippen LogP contribution is -2.20. The molecule has 0 bridgehead atoms. The van der Waals surface area contributed by atoms with Crippen molar-refractivity contribution < 1.29 is 9.84 Å². The summed E-state index contributed by atoms with van der Waals surface area (Å²) in [6, 6.07) is 14.8. The second-order valence-electron chi connectivity index (χ2n) is 4.62. The van der Waals surface area contributed by atoms with Gasteiger partial charge in [0.25, 0.3) is 0 Å². The maximum atomic E-state index is 10.6. The van der Waals surface area contributed by atoms with E-state index in [4.69, 9.17) is 22.1 Å². The number of aliphatic hydroxyl groups excluding tert-OH is 1. The highest BCUT2D eigenvalue weighted by molar-refractivity contribution is 6.30. The average molecular weight is 292 g/mol. The molecule has 106 valence electrons. The highest BCUT2D eigenvalue weighted by Gasteiger charge is 2.21. The molecule has 2 rings (SSSR count). The molecular formula is C16H18ClNO2. The lowest BCUT2D eigenvalue weighted by molar-refractivity contribution is 0.147. The molecule has 0 aliphatic rings. The van der Waals surface area contributed by atoms with Crippen molar-refractivity contribution in [3.05, 3.63) is 64.7 Å². The van der Waals surface area contributed by atoms with E-state index in [1.165, 1.54) is 0 Å². The van der Waals surface area contributed by atoms with Gasteiger partial charge in [0.1, 0.15) is 5.75 Å². The van der Waals surface area contributed by atoms with Crippen LogP contribution in [0.1, 0.15) is 23.1 Å². The first-order valence-corrected chi connectivity index (χ1v) is 6.81. The van der Waals surface area contributed by atoms with E-state index in [9.17, 15) is 5.11 Å². The maximum absolute atomic E-state index is 10.6. The van der Waals surface area contributed by atoms with E-state index in [-0.39, 0.29) is 5.92 Å². The molecule has 3 nitrogen and oxygen atoms in total. The van der Waals surface area contributed by atoms with Gasteiger partial charge in [-0.1, -0.05) is 35.9 Å². The Morgan fingerprint density at radius 2 is 1.85 bits per heavy atom. The van der Waals surface area contributed by atoms with E-state index in [2.05, 4.69) is 0 Å². The minimum atomic E-state index is -0.684. The van der Waals surface area contributed by atoms with Crippen LogP contribution in [0.25, 0.3) is 0 Å². The number of hydrogen-bond acceptors (Lipinski definition) is 3. The standard InChI is InChI=1S/C16H18ClNO2/c1-20-14-4-2-3-12(9-14)16(19)15(10-18)11-5-7-13(17)8-6-11/h2-9,15-16,19H,10,18H2,1H3. The SMILES string of the molecule is COc1cccc(C(O)C(CN)c2ccc(Cl)cc2)c1. The summed E-state index contributed by atoms with van der Waals surface area (Å²) in [5, 5.41) is 11.2. The second-order valence-corrected chi connectivity index (χ2v) is 5.05. The van der Waals surface area contributed by atoms with Gasteiger partial charge in [-0.05, 0) is 35.4 Å². The molecule has 2 aromatic rings. The smallest absolute Gasteiger partial charge is 0.119 e. The van der Waals surface area contributed by atoms with Gasteiger partial charge in [-0.15, -0.1) is 0 Å². The third-order valence-electron chi connectivity index (χ3n) is 3.37. The van der Waals surface area contributed by atoms with E-state index >= 15 is 0 Å². The highest BCUT2D eigenvalue weighted by Crippen LogP contribution is 2.32. The molecule has 3 N–H and O–H groups in total. The van der Waals surface area contributed by atoms with Crippen molar-refractivity contribution in [2.75, 3.05) is 13.7 Å². The molecule has 0 heterocycles. The zero-order valence-corrected chi connectivity index (χ0v) is 12.0. The number of rotatable bonds is 5. The third kappa shape index (κ3) is 3.31. The van der Waals surface area contributed by atoms with Gasteiger partial charge >= 0.3 is 0 Å². The fourth-order valence-corrected chi connectivity index (χ4v) is 2.34. The van der Waals surface area contributed by atoms with Crippen molar-refractivity contribution in [2.45, 2.75) is 12.0 Å². The summed E-state index contributed by atoms with van der Waals surface area (Å²) in [5.74, 6) is 0.535. The zero-order chi connectivity index (χ0) is 14.5. The summed E-state index contributed by atoms with van der Waals surface area (Å²) in [6.07, 6.45) is -0.684. The van der Waals surface area contributed by atoms with Gasteiger partial charge in [-0.3, -0.25) is 0 Å². The number of nitrogens with two attached hydrogens (primary N) is 1. The Labute approximate surface area is 123 Å². The number of benzene rings is 2. The largest absolute Gasteiger partial charge is 0.497 e. The van der Waals surface area contributed by atoms with Gasteiger partial charge < -0.3 is 15.6 Å². The Kier molecular flexibility index (Phi) is 5.01. The minimum absolute atomic E-state index is 0.181. The van der Waals surface area contributed by atoms with Crippen LogP contribution in [0, 0.1) is 0 Å². The van der Waals surface area contributed by atoms with Crippen LogP contribution >= 0.6 is 11.6 Å². The van der Waals surface area contributed by atoms with E-state index in [1.54, 1.807) is 19.2 Å². The molecule has 0 radical (unpaired) electrons. The topological polar surface area (TPSA) is 55.5 Å². The molecule has 0 spiro atoms. The molecule has 2 aromatic carbocycles. The maximum Gasteiger partial charge on any atom is 0.119 e. The Hall–Kier alpha value is -1.55. The fourth-order valence-electron chi connectivity index (χ4n) is 2.22. The molecular weight excluding hydrogens is 274 g/mol. The predicted molar refractivity (Wildman–Crippen MR) is 81.2 cm³/mol. The van der Waals surface area contributed by atoms with E-state index < -0.39 is 6.10 Å². The highest BCUT2D eigenvalue weighted by atomic mass is 35.5. The summed E-state index contributed by atoms with van der Waals surface area (Å²) >= 11 is 5.89. The normalized spacial score (nSPS) is 13.8. The van der Waals surface area contributed by atoms with Crippen molar-refractivity contribution in [3.63, 3.8) is 0 Å². The van der Waals surface area contributed by atoms with Gasteiger partial charge in [0.05, 0.1) is 13.2 Å². The summed E-state index contributed by atoms with van der Waals surface area (Å²) < 4.78 is 5.18. The summed E-state index contributed by atoms with van der Waals surface area (Å²) in [4.78, 5) is 0. The van der Waals surface area contributed by atoms with Crippen LogP contribution < -0.4 is 10.5 Å². The quantitative estimate of drug-likeness (QED) is 0.890. The van der Waals surface area contributed by atoms with Crippen LogP contribution in [0.2, 0.25) is 5.02 Å². The molecule has 20 heavy (non-hydrogen) atoms. The molecule has 0 aliphatic heterocycles. The van der Waals surface area contributed by atoms with Gasteiger partial charge in [0.15, 0.2) is 0 Å². The average Bonchev–Trinajstić information content (AvgIpc) is 2.50. The Balaban J connectivity index is 2.28. The predicted octanol–water partition coefficient (Wildman–Crippen LogP) is 3.12. The Morgan fingerprint density at radius 1 is 1.15 bits per heavy atom. The number of halogens is 1. The number of methoxy groups -OCH3 is 1. The van der Waals surface area contributed by atoms with Crippen LogP contribution in [0.4, 0.5) is 0 Å². The van der Waals surface area contributed by atoms with E-state index in [0.29, 0.717) is 17.3 Å². The second kappa shape index (κ2) is 6.75. The van der Waals surface area contributed by atoms with Crippen molar-refractivity contribution in [1.29, 1.82) is 0 Å². The van der Waals surface area contributed by atoms with Gasteiger partial charge in [-0.2, -0.15) is 0 Å². The summed E-state index contributed by atoms with van der Waals surface area (Å²) in [6.45, 7) is 0.347. The molecule has 0 aromatic heterocycles. The molecule has 0 aliphatic carbocycles. The van der Waals surface area contributed by atoms with Gasteiger partial charge in [0.2, 0.25) is 0 Å². The van der Waals surface area contributed by atoms with Crippen molar-refractivity contribution >= 4 is 11.6 Å². The fraction of sp³-hybridized carbons (Fsp3) is 0.250. The van der Waals surface area contributed by atoms with Gasteiger partial charge in [0, 0.05) is 17.5 Å². The van der Waals surface area contributed by atoms with Crippen molar-refractivity contribution in [3.8, 4) is 5.75 Å². The van der Waals surface area contributed by atoms with Crippen LogP contribution in [0.5, 0.6) is 5.75 Å². The molecule has 0 saturated heterocycles. The Morgan fingerprint density at radius 3 is 2.45 bits per heavy atom. The molecule has 0 amide bonds. The first-order valence-electron chi connectivity index (χ1n) is 6.43. The molecule has 0 fully saturated rings. The van der Waals surface area contributed by atoms with Gasteiger partial charge in [-0.25, -0.2) is 0 Å². The first-order chi connectivity index (χ1) is 9.65. The summed E-state index contributed by atoms with van der Waals surface area (Å²) in [7, 11) is 1.60. The van der Waals surface area contributed by atoms with Crippen LogP contribution in [-0.2, 0) is 0 Å². The minimum Gasteiger partial charge on any atom is -0.497 e. The first kappa shape index (κ1) is 14.9. The van der Waals surface area contributed by atoms with E-state index in [0.717, 1.165) is 11.1 Å². The number of hydrogen-bond donors (Lipinski definition) is 2. The van der Waals surface area contributed by atoms with Crippen molar-refractivity contribution in [1.82, 2.24) is 0 Å². The van der Waals surface area contributed by atoms with E-state index in [1.807, 2.05) is 36.4 Å². The van der Waals surface area contributed by atoms with Crippen molar-refractivity contribution in [2.24, 2.45) is 5.73 Å². The molecule has 0 saturated carbocycles. The molecule has 2 atom stereocenters. The molecule has 4 heteroatoms. The monoisotopic (exact) mass is 291 g/mol. The third-order valence-corrected chi connectivity index (χ3v) is 3.62. The van der Waals surface area contributed by atoms with Crippen LogP contribution in [0.3, 0.4) is 0 Å². The number of aliphatic hydroxyl groups is 1. The summed E-state index contributed by atoms with van der Waals surface area (Å²) in [5.41, 5.74) is 7.58.